The highest BCUT2D eigenvalue weighted by molar-refractivity contribution is 7.91. The Labute approximate surface area is 249 Å². The molecular formula is C35H40O6S. The monoisotopic (exact) mass is 588 g/mol. The second-order valence-corrected chi connectivity index (χ2v) is 14.5. The highest BCUT2D eigenvalue weighted by Crippen LogP contribution is 2.45. The van der Waals surface area contributed by atoms with Gasteiger partial charge in [0.05, 0.1) is 31.6 Å². The van der Waals surface area contributed by atoms with Crippen LogP contribution < -0.4 is 9.47 Å². The third-order valence-electron chi connectivity index (χ3n) is 9.09. The number of carbonyl (C=O) groups is 1. The number of esters is 1. The molecule has 0 bridgehead atoms. The van der Waals surface area contributed by atoms with Gasteiger partial charge in [0.2, 0.25) is 0 Å². The zero-order valence-electron chi connectivity index (χ0n) is 24.3. The first-order valence-electron chi connectivity index (χ1n) is 15.2. The molecule has 0 aromatic heterocycles. The zero-order valence-corrected chi connectivity index (χ0v) is 25.2. The Balaban J connectivity index is 1.13. The smallest absolute Gasteiger partial charge is 0.306 e. The number of sulfone groups is 1. The molecule has 3 aromatic rings. The zero-order chi connectivity index (χ0) is 29.1. The number of fused-ring (bicyclic) bond motifs is 3. The molecule has 3 aliphatic rings. The van der Waals surface area contributed by atoms with Crippen molar-refractivity contribution in [3.8, 4) is 22.6 Å². The average Bonchev–Trinajstić information content (AvgIpc) is 3.85. The number of methoxy groups -OCH3 is 1. The molecule has 7 heteroatoms. The van der Waals surface area contributed by atoms with E-state index in [9.17, 15) is 13.2 Å². The van der Waals surface area contributed by atoms with Gasteiger partial charge in [0.25, 0.3) is 0 Å². The van der Waals surface area contributed by atoms with Crippen molar-refractivity contribution in [2.24, 2.45) is 11.8 Å². The molecule has 1 heterocycles. The van der Waals surface area contributed by atoms with E-state index >= 15 is 0 Å². The Morgan fingerprint density at radius 3 is 2.43 bits per heavy atom. The fourth-order valence-electron chi connectivity index (χ4n) is 6.42. The molecule has 6 rings (SSSR count). The van der Waals surface area contributed by atoms with Crippen LogP contribution in [0.1, 0.15) is 66.7 Å². The molecule has 1 saturated carbocycles. The predicted molar refractivity (Wildman–Crippen MR) is 164 cm³/mol. The minimum absolute atomic E-state index is 0.163. The fraction of sp³-hybridized carbons (Fsp3) is 0.457. The highest BCUT2D eigenvalue weighted by Gasteiger charge is 2.34. The van der Waals surface area contributed by atoms with Crippen LogP contribution in [-0.4, -0.2) is 39.6 Å². The van der Waals surface area contributed by atoms with Crippen LogP contribution in [0.2, 0.25) is 0 Å². The van der Waals surface area contributed by atoms with Gasteiger partial charge in [0.1, 0.15) is 27.9 Å². The van der Waals surface area contributed by atoms with Gasteiger partial charge in [-0.3, -0.25) is 4.79 Å². The van der Waals surface area contributed by atoms with E-state index in [0.29, 0.717) is 44.3 Å². The molecule has 3 aromatic carbocycles. The van der Waals surface area contributed by atoms with Crippen molar-refractivity contribution < 1.29 is 27.4 Å². The first-order valence-corrected chi connectivity index (χ1v) is 17.1. The summed E-state index contributed by atoms with van der Waals surface area (Å²) in [6, 6.07) is 21.2. The first-order chi connectivity index (χ1) is 20.4. The first kappa shape index (κ1) is 28.8. The van der Waals surface area contributed by atoms with Crippen LogP contribution >= 0.6 is 0 Å². The van der Waals surface area contributed by atoms with E-state index in [1.165, 1.54) is 29.4 Å². The summed E-state index contributed by atoms with van der Waals surface area (Å²) in [4.78, 5) is 12.0. The van der Waals surface area contributed by atoms with E-state index in [-0.39, 0.29) is 23.4 Å². The maximum absolute atomic E-state index is 12.0. The molecule has 2 aliphatic carbocycles. The Hall–Kier alpha value is -3.32. The lowest BCUT2D eigenvalue weighted by molar-refractivity contribution is -0.141. The highest BCUT2D eigenvalue weighted by atomic mass is 32.2. The van der Waals surface area contributed by atoms with E-state index in [0.717, 1.165) is 54.7 Å². The van der Waals surface area contributed by atoms with Crippen molar-refractivity contribution in [3.63, 3.8) is 0 Å². The minimum atomic E-state index is -2.86. The van der Waals surface area contributed by atoms with E-state index in [4.69, 9.17) is 14.2 Å². The second kappa shape index (κ2) is 12.5. The van der Waals surface area contributed by atoms with Crippen molar-refractivity contribution in [1.82, 2.24) is 0 Å². The Bertz CT molecular complexity index is 1530. The van der Waals surface area contributed by atoms with Gasteiger partial charge in [-0.1, -0.05) is 30.3 Å². The molecule has 0 amide bonds. The number of benzene rings is 3. The van der Waals surface area contributed by atoms with Crippen molar-refractivity contribution in [2.75, 3.05) is 25.2 Å². The molecule has 0 radical (unpaired) electrons. The SMILES string of the molecule is COC(=O)C[C@@H](c1cccc(OCc2ccc3c(c2)-c2ccc(OCC4CCS(=O)(=O)CC4)cc2CCC3)c1)C1CC1. The number of hydrogen-bond acceptors (Lipinski definition) is 6. The standard InChI is InChI=1S/C35H40O6S/c1-39-35(36)21-33(27-10-11-27)29-6-3-7-30(20-29)41-23-25-8-9-26-4-2-5-28-19-31(12-13-32(28)34(26)18-25)40-22-24-14-16-42(37,38)17-15-24/h3,6-9,12-13,18-20,24,27,33H,2,4-5,10-11,14-17,21-23H2,1H3/t33-/m1/s1. The van der Waals surface area contributed by atoms with Crippen molar-refractivity contribution in [2.45, 2.75) is 63.9 Å². The molecule has 2 fully saturated rings. The van der Waals surface area contributed by atoms with Crippen LogP contribution in [-0.2, 0) is 38.8 Å². The quantitative estimate of drug-likeness (QED) is 0.246. The molecule has 1 aliphatic heterocycles. The molecule has 0 unspecified atom stereocenters. The van der Waals surface area contributed by atoms with Gasteiger partial charge in [0, 0.05) is 0 Å². The number of aryl methyl sites for hydroxylation is 2. The van der Waals surface area contributed by atoms with Crippen LogP contribution in [0.15, 0.2) is 60.7 Å². The molecule has 42 heavy (non-hydrogen) atoms. The molecule has 0 N–H and O–H groups in total. The maximum atomic E-state index is 12.0. The molecular weight excluding hydrogens is 548 g/mol. The molecule has 6 nitrogen and oxygen atoms in total. The lowest BCUT2D eigenvalue weighted by atomic mass is 9.91. The van der Waals surface area contributed by atoms with Crippen LogP contribution in [0, 0.1) is 11.8 Å². The van der Waals surface area contributed by atoms with Gasteiger partial charge < -0.3 is 14.2 Å². The lowest BCUT2D eigenvalue weighted by Gasteiger charge is -2.22. The molecule has 1 saturated heterocycles. The van der Waals surface area contributed by atoms with Crippen LogP contribution in [0.3, 0.4) is 0 Å². The number of hydrogen-bond donors (Lipinski definition) is 0. The normalized spacial score (nSPS) is 18.7. The van der Waals surface area contributed by atoms with Gasteiger partial charge in [-0.2, -0.15) is 0 Å². The Morgan fingerprint density at radius 2 is 1.64 bits per heavy atom. The maximum Gasteiger partial charge on any atom is 0.306 e. The summed E-state index contributed by atoms with van der Waals surface area (Å²) in [5, 5.41) is 0. The van der Waals surface area contributed by atoms with Gasteiger partial charge >= 0.3 is 5.97 Å². The summed E-state index contributed by atoms with van der Waals surface area (Å²) in [6.07, 6.45) is 7.20. The van der Waals surface area contributed by atoms with Crippen molar-refractivity contribution in [3.05, 3.63) is 82.9 Å². The summed E-state index contributed by atoms with van der Waals surface area (Å²) in [5.41, 5.74) is 7.41. The van der Waals surface area contributed by atoms with E-state index < -0.39 is 9.84 Å². The average molecular weight is 589 g/mol. The third kappa shape index (κ3) is 7.00. The van der Waals surface area contributed by atoms with E-state index in [2.05, 4.69) is 42.5 Å². The predicted octanol–water partition coefficient (Wildman–Crippen LogP) is 6.68. The third-order valence-corrected chi connectivity index (χ3v) is 10.8. The summed E-state index contributed by atoms with van der Waals surface area (Å²) < 4.78 is 40.9. The minimum Gasteiger partial charge on any atom is -0.493 e. The van der Waals surface area contributed by atoms with E-state index in [1.807, 2.05) is 18.2 Å². The lowest BCUT2D eigenvalue weighted by Crippen LogP contribution is -2.26. The van der Waals surface area contributed by atoms with Crippen LogP contribution in [0.5, 0.6) is 11.5 Å². The van der Waals surface area contributed by atoms with Crippen molar-refractivity contribution >= 4 is 15.8 Å². The summed E-state index contributed by atoms with van der Waals surface area (Å²) in [5.74, 6) is 3.08. The van der Waals surface area contributed by atoms with Gasteiger partial charge in [-0.15, -0.1) is 0 Å². The summed E-state index contributed by atoms with van der Waals surface area (Å²) in [7, 11) is -1.41. The van der Waals surface area contributed by atoms with Crippen molar-refractivity contribution in [1.29, 1.82) is 0 Å². The fourth-order valence-corrected chi connectivity index (χ4v) is 8.01. The number of carbonyl (C=O) groups excluding carboxylic acids is 1. The Morgan fingerprint density at radius 1 is 0.857 bits per heavy atom. The summed E-state index contributed by atoms with van der Waals surface area (Å²) in [6.45, 7) is 1.03. The summed E-state index contributed by atoms with van der Waals surface area (Å²) >= 11 is 0. The van der Waals surface area contributed by atoms with Crippen LogP contribution in [0.4, 0.5) is 0 Å². The molecule has 222 valence electrons. The van der Waals surface area contributed by atoms with Gasteiger partial charge in [-0.25, -0.2) is 8.42 Å². The topological polar surface area (TPSA) is 78.9 Å². The van der Waals surface area contributed by atoms with Crippen LogP contribution in [0.25, 0.3) is 11.1 Å². The number of ether oxygens (including phenoxy) is 3. The van der Waals surface area contributed by atoms with E-state index in [1.54, 1.807) is 0 Å². The second-order valence-electron chi connectivity index (χ2n) is 12.2. The molecule has 1 atom stereocenters. The molecule has 0 spiro atoms. The number of rotatable bonds is 10. The van der Waals surface area contributed by atoms with Gasteiger partial charge in [-0.05, 0) is 126 Å². The van der Waals surface area contributed by atoms with Gasteiger partial charge in [0.15, 0.2) is 0 Å². The Kier molecular flexibility index (Phi) is 8.57. The largest absolute Gasteiger partial charge is 0.493 e.